The lowest BCUT2D eigenvalue weighted by Gasteiger charge is -2.33. The molecule has 0 saturated heterocycles. The summed E-state index contributed by atoms with van der Waals surface area (Å²) < 4.78 is 11.0. The van der Waals surface area contributed by atoms with Gasteiger partial charge in [-0.2, -0.15) is 0 Å². The van der Waals surface area contributed by atoms with Crippen molar-refractivity contribution >= 4 is 17.7 Å². The van der Waals surface area contributed by atoms with Crippen molar-refractivity contribution in [2.24, 2.45) is 0 Å². The van der Waals surface area contributed by atoms with Gasteiger partial charge >= 0.3 is 11.9 Å². The van der Waals surface area contributed by atoms with E-state index in [1.165, 1.54) is 13.8 Å². The standard InChI is InChI=1S/C19H16O5/c1-12(20)23-18-16-11-7-6-10-15(16)17(22)19(18,24-13(2)21)14-8-4-3-5-9-14/h3-11,18H,1-2H3/t18-,19-/m1/s1. The van der Waals surface area contributed by atoms with Gasteiger partial charge in [0.2, 0.25) is 11.4 Å². The first-order chi connectivity index (χ1) is 11.5. The van der Waals surface area contributed by atoms with Crippen molar-refractivity contribution in [3.05, 3.63) is 71.3 Å². The molecule has 2 aromatic rings. The SMILES string of the molecule is CC(=O)O[C@@H]1c2ccccc2C(=O)[C@]1(OC(C)=O)c1ccccc1. The third-order valence-electron chi connectivity index (χ3n) is 3.99. The molecule has 122 valence electrons. The van der Waals surface area contributed by atoms with Gasteiger partial charge in [-0.1, -0.05) is 54.6 Å². The predicted octanol–water partition coefficient (Wildman–Crippen LogP) is 2.95. The number of ketones is 1. The van der Waals surface area contributed by atoms with E-state index in [0.29, 0.717) is 16.7 Å². The van der Waals surface area contributed by atoms with Gasteiger partial charge in [-0.15, -0.1) is 0 Å². The Labute approximate surface area is 139 Å². The normalized spacial score (nSPS) is 21.9. The number of hydrogen-bond donors (Lipinski definition) is 0. The number of carbonyl (C=O) groups is 3. The summed E-state index contributed by atoms with van der Waals surface area (Å²) in [6.07, 6.45) is -1.02. The fourth-order valence-electron chi connectivity index (χ4n) is 3.14. The minimum atomic E-state index is -1.71. The Morgan fingerprint density at radius 1 is 0.917 bits per heavy atom. The van der Waals surface area contributed by atoms with Crippen LogP contribution in [0.15, 0.2) is 54.6 Å². The third-order valence-corrected chi connectivity index (χ3v) is 3.99. The van der Waals surface area contributed by atoms with Gasteiger partial charge in [0.1, 0.15) is 0 Å². The first-order valence-electron chi connectivity index (χ1n) is 7.53. The van der Waals surface area contributed by atoms with Crippen LogP contribution in [-0.4, -0.2) is 17.7 Å². The summed E-state index contributed by atoms with van der Waals surface area (Å²) in [7, 11) is 0. The smallest absolute Gasteiger partial charge is 0.304 e. The van der Waals surface area contributed by atoms with E-state index in [9.17, 15) is 14.4 Å². The Morgan fingerprint density at radius 3 is 2.17 bits per heavy atom. The molecule has 5 nitrogen and oxygen atoms in total. The van der Waals surface area contributed by atoms with Gasteiger partial charge in [0.25, 0.3) is 0 Å². The van der Waals surface area contributed by atoms with Crippen molar-refractivity contribution in [1.82, 2.24) is 0 Å². The molecule has 0 aliphatic heterocycles. The van der Waals surface area contributed by atoms with Gasteiger partial charge in [-0.05, 0) is 0 Å². The Kier molecular flexibility index (Phi) is 3.93. The molecule has 0 bridgehead atoms. The van der Waals surface area contributed by atoms with Crippen LogP contribution in [0.4, 0.5) is 0 Å². The molecule has 3 rings (SSSR count). The van der Waals surface area contributed by atoms with E-state index in [1.54, 1.807) is 54.6 Å². The van der Waals surface area contributed by atoms with Crippen LogP contribution >= 0.6 is 0 Å². The summed E-state index contributed by atoms with van der Waals surface area (Å²) in [6, 6.07) is 15.4. The van der Waals surface area contributed by atoms with Gasteiger partial charge in [-0.25, -0.2) is 0 Å². The van der Waals surface area contributed by atoms with E-state index >= 15 is 0 Å². The summed E-state index contributed by atoms with van der Waals surface area (Å²) in [6.45, 7) is 2.49. The Morgan fingerprint density at radius 2 is 1.54 bits per heavy atom. The summed E-state index contributed by atoms with van der Waals surface area (Å²) in [4.78, 5) is 36.6. The summed E-state index contributed by atoms with van der Waals surface area (Å²) >= 11 is 0. The highest BCUT2D eigenvalue weighted by molar-refractivity contribution is 6.09. The summed E-state index contributed by atoms with van der Waals surface area (Å²) in [5, 5.41) is 0. The van der Waals surface area contributed by atoms with Crippen molar-refractivity contribution < 1.29 is 23.9 Å². The van der Waals surface area contributed by atoms with Gasteiger partial charge in [0, 0.05) is 30.5 Å². The zero-order chi connectivity index (χ0) is 17.3. The highest BCUT2D eigenvalue weighted by Gasteiger charge is 2.59. The Hall–Kier alpha value is -2.95. The lowest BCUT2D eigenvalue weighted by atomic mass is 9.87. The van der Waals surface area contributed by atoms with Crippen molar-refractivity contribution in [3.63, 3.8) is 0 Å². The number of Topliss-reactive ketones (excluding diaryl/α,β-unsaturated/α-hetero) is 1. The number of rotatable bonds is 3. The van der Waals surface area contributed by atoms with Crippen molar-refractivity contribution in [2.75, 3.05) is 0 Å². The number of hydrogen-bond acceptors (Lipinski definition) is 5. The molecule has 2 aromatic carbocycles. The third kappa shape index (κ3) is 2.38. The van der Waals surface area contributed by atoms with Crippen LogP contribution in [-0.2, 0) is 24.7 Å². The van der Waals surface area contributed by atoms with Crippen LogP contribution in [0.2, 0.25) is 0 Å². The van der Waals surface area contributed by atoms with Crippen LogP contribution in [0.5, 0.6) is 0 Å². The molecule has 0 unspecified atom stereocenters. The quantitative estimate of drug-likeness (QED) is 0.812. The number of fused-ring (bicyclic) bond motifs is 1. The van der Waals surface area contributed by atoms with Crippen molar-refractivity contribution in [1.29, 1.82) is 0 Å². The lowest BCUT2D eigenvalue weighted by molar-refractivity contribution is -0.177. The largest absolute Gasteiger partial charge is 0.452 e. The number of carbonyl (C=O) groups excluding carboxylic acids is 3. The minimum absolute atomic E-state index is 0.383. The van der Waals surface area contributed by atoms with Gasteiger partial charge in [0.05, 0.1) is 0 Å². The molecule has 0 amide bonds. The maximum Gasteiger partial charge on any atom is 0.304 e. The first kappa shape index (κ1) is 15.9. The molecule has 5 heteroatoms. The van der Waals surface area contributed by atoms with E-state index in [-0.39, 0.29) is 0 Å². The topological polar surface area (TPSA) is 69.7 Å². The molecule has 0 saturated carbocycles. The second-order valence-corrected chi connectivity index (χ2v) is 5.60. The maximum absolute atomic E-state index is 13.2. The highest BCUT2D eigenvalue weighted by atomic mass is 16.6. The predicted molar refractivity (Wildman–Crippen MR) is 85.2 cm³/mol. The number of benzene rings is 2. The lowest BCUT2D eigenvalue weighted by Crippen LogP contribution is -2.42. The Bertz CT molecular complexity index is 812. The summed E-state index contributed by atoms with van der Waals surface area (Å²) in [5.41, 5.74) is -0.327. The fraction of sp³-hybridized carbons (Fsp3) is 0.211. The summed E-state index contributed by atoms with van der Waals surface area (Å²) in [5.74, 6) is -1.58. The molecule has 1 aliphatic rings. The maximum atomic E-state index is 13.2. The molecule has 0 heterocycles. The molecular weight excluding hydrogens is 308 g/mol. The van der Waals surface area contributed by atoms with E-state index in [1.807, 2.05) is 0 Å². The monoisotopic (exact) mass is 324 g/mol. The molecule has 0 radical (unpaired) electrons. The number of esters is 2. The molecule has 0 spiro atoms. The fourth-order valence-corrected chi connectivity index (χ4v) is 3.14. The van der Waals surface area contributed by atoms with Crippen LogP contribution in [0.1, 0.15) is 41.4 Å². The van der Waals surface area contributed by atoms with Crippen LogP contribution in [0, 0.1) is 0 Å². The van der Waals surface area contributed by atoms with Gasteiger partial charge in [0.15, 0.2) is 6.10 Å². The van der Waals surface area contributed by atoms with Gasteiger partial charge < -0.3 is 9.47 Å². The van der Waals surface area contributed by atoms with E-state index in [0.717, 1.165) is 0 Å². The zero-order valence-corrected chi connectivity index (χ0v) is 13.3. The first-order valence-corrected chi connectivity index (χ1v) is 7.53. The number of ether oxygens (including phenoxy) is 2. The molecule has 0 N–H and O–H groups in total. The molecule has 1 aliphatic carbocycles. The van der Waals surface area contributed by atoms with E-state index < -0.39 is 29.4 Å². The molecule has 24 heavy (non-hydrogen) atoms. The van der Waals surface area contributed by atoms with Crippen LogP contribution in [0.3, 0.4) is 0 Å². The molecule has 2 atom stereocenters. The second kappa shape index (κ2) is 5.92. The average Bonchev–Trinajstić information content (AvgIpc) is 2.78. The van der Waals surface area contributed by atoms with Crippen LogP contribution < -0.4 is 0 Å². The van der Waals surface area contributed by atoms with Crippen LogP contribution in [0.25, 0.3) is 0 Å². The minimum Gasteiger partial charge on any atom is -0.452 e. The molecule has 0 aromatic heterocycles. The highest BCUT2D eigenvalue weighted by Crippen LogP contribution is 2.50. The molecular formula is C19H16O5. The van der Waals surface area contributed by atoms with Crippen molar-refractivity contribution in [3.8, 4) is 0 Å². The average molecular weight is 324 g/mol. The Balaban J connectivity index is 2.27. The van der Waals surface area contributed by atoms with E-state index in [2.05, 4.69) is 0 Å². The van der Waals surface area contributed by atoms with Gasteiger partial charge in [-0.3, -0.25) is 14.4 Å². The molecule has 0 fully saturated rings. The second-order valence-electron chi connectivity index (χ2n) is 5.60. The zero-order valence-electron chi connectivity index (χ0n) is 13.3. The van der Waals surface area contributed by atoms with Crippen molar-refractivity contribution in [2.45, 2.75) is 25.6 Å². The van der Waals surface area contributed by atoms with E-state index in [4.69, 9.17) is 9.47 Å².